The van der Waals surface area contributed by atoms with E-state index < -0.39 is 6.55 Å². The summed E-state index contributed by atoms with van der Waals surface area (Å²) in [6.45, 7) is 33.8. The van der Waals surface area contributed by atoms with Gasteiger partial charge in [-0.15, -0.1) is 22.7 Å². The topological polar surface area (TPSA) is 285 Å². The van der Waals surface area contributed by atoms with Crippen molar-refractivity contribution in [1.29, 1.82) is 0 Å². The largest absolute Gasteiger partial charge is 0.496 e. The molecule has 0 bridgehead atoms. The van der Waals surface area contributed by atoms with Crippen molar-refractivity contribution in [3.05, 3.63) is 301 Å². The van der Waals surface area contributed by atoms with Crippen LogP contribution < -0.4 is 75.9 Å². The summed E-state index contributed by atoms with van der Waals surface area (Å²) < 4.78 is 72.1. The van der Waals surface area contributed by atoms with E-state index in [9.17, 15) is 47.1 Å². The number of nitrogens with zero attached hydrogens (tertiary/aromatic N) is 15. The van der Waals surface area contributed by atoms with Gasteiger partial charge in [-0.1, -0.05) is 6.07 Å². The van der Waals surface area contributed by atoms with Crippen LogP contribution in [0.15, 0.2) is 223 Å². The molecule has 736 valence electrons. The van der Waals surface area contributed by atoms with Gasteiger partial charge in [-0.2, -0.15) is 19.0 Å². The Morgan fingerprint density at radius 2 is 0.683 bits per heavy atom. The Kier molecular flexibility index (Phi) is 28.7. The van der Waals surface area contributed by atoms with Crippen LogP contribution in [0.1, 0.15) is 186 Å². The molecule has 15 aromatic rings. The third-order valence-corrected chi connectivity index (χ3v) is 27.7. The molecule has 10 aromatic heterocycles. The van der Waals surface area contributed by atoms with Gasteiger partial charge in [0.1, 0.15) is 39.5 Å². The van der Waals surface area contributed by atoms with Gasteiger partial charge >= 0.3 is 6.55 Å². The van der Waals surface area contributed by atoms with Crippen molar-refractivity contribution >= 4 is 40.0 Å². The lowest BCUT2D eigenvalue weighted by Crippen LogP contribution is -2.44. The lowest BCUT2D eigenvalue weighted by molar-refractivity contribution is 0.0566. The summed E-state index contributed by atoms with van der Waals surface area (Å²) in [5.41, 5.74) is 21.5. The molecule has 15 heterocycles. The molecule has 0 saturated heterocycles. The van der Waals surface area contributed by atoms with Crippen molar-refractivity contribution in [3.8, 4) is 140 Å². The molecule has 0 N–H and O–H groups in total. The number of ketones is 3. The molecule has 0 amide bonds. The molecule has 0 fully saturated rings. The van der Waals surface area contributed by atoms with Crippen molar-refractivity contribution in [3.63, 3.8) is 0 Å². The predicted molar refractivity (Wildman–Crippen MR) is 554 cm³/mol. The highest BCUT2D eigenvalue weighted by atomic mass is 32.1. The van der Waals surface area contributed by atoms with Crippen molar-refractivity contribution in [1.82, 2.24) is 47.9 Å². The number of methoxy groups -OCH3 is 5. The minimum absolute atomic E-state index is 0.0333. The Morgan fingerprint density at radius 1 is 0.359 bits per heavy atom. The molecule has 142 heavy (non-hydrogen) atoms. The molecular weight excluding hydrogens is 1850 g/mol. The van der Waals surface area contributed by atoms with Crippen molar-refractivity contribution in [2.45, 2.75) is 193 Å². The van der Waals surface area contributed by atoms with Crippen LogP contribution in [-0.2, 0) is 32.7 Å². The molecule has 0 radical (unpaired) electrons. The van der Waals surface area contributed by atoms with Crippen molar-refractivity contribution in [2.24, 2.45) is 0 Å². The van der Waals surface area contributed by atoms with E-state index in [1.807, 2.05) is 108 Å². The number of furan rings is 1. The summed E-state index contributed by atoms with van der Waals surface area (Å²) >= 11 is 3.23. The number of alkyl halides is 2. The molecule has 0 unspecified atom stereocenters. The fourth-order valence-electron chi connectivity index (χ4n) is 18.5. The first-order chi connectivity index (χ1) is 67.8. The predicted octanol–water partition coefficient (Wildman–Crippen LogP) is 20.0. The highest BCUT2D eigenvalue weighted by molar-refractivity contribution is 7.13. The van der Waals surface area contributed by atoms with E-state index in [2.05, 4.69) is 171 Å². The highest BCUT2D eigenvalue weighted by Gasteiger charge is 2.35. The summed E-state index contributed by atoms with van der Waals surface area (Å²) in [4.78, 5) is 104. The molecule has 5 aliphatic heterocycles. The minimum atomic E-state index is -2.70. The summed E-state index contributed by atoms with van der Waals surface area (Å²) in [6.07, 6.45) is 18.8. The maximum Gasteiger partial charge on any atom is 0.333 e. The first-order valence-corrected chi connectivity index (χ1v) is 48.6. The standard InChI is InChI=1S/C23H28N4O2.C22H22N2O4.C22H22N2O3S.C21H22F2N4O2.C21H21N3O3S/c1-14(2)25-12-18(10-24-25)20-7-17-13-26(15(3)4)27-11-16(5)22(28)9-21(27)19(17)8-23(20)29-6;1-13(2)23-11-15-8-17(21-6-5-7-28-21)22(27-4)9-16(15)19-10-20(26)18(14(3)25)12-24(19)23;1-13(2)23-11-15-8-17(22-6-5-7-28-22)21(27-4)9-16(15)19-10-20(26)18(14(3)25)12-24(19)23;1-12(2)26-11-14-5-17(15-8-24-25(10-15)21(22)23)20(29-4)6-16(14)18-7-19(28)13(3)9-27(18)26;1-12(2)23-10-14-7-16(21-22-5-6-28-21)20(27-4)8-15(14)18-9-19(26)17(13(3)25)11-24(18)23/h7-12,14-15H,13H2,1-6H3;2*5-10,12-13H,11H2,1-4H3;5-10,12,21H,11H2,1-4H3;5-9,11-12H,10H2,1-4H3. The number of Topliss-reactive ketones (excluding diaryl/α,β-unsaturated/α-hetero) is 3. The van der Waals surface area contributed by atoms with Gasteiger partial charge in [0.05, 0.1) is 143 Å². The number of carbonyl (C=O) groups is 3. The maximum absolute atomic E-state index is 13.0. The first-order valence-electron chi connectivity index (χ1n) is 46.9. The Balaban J connectivity index is 0.000000128. The zero-order valence-electron chi connectivity index (χ0n) is 83.5. The van der Waals surface area contributed by atoms with Gasteiger partial charge in [0.15, 0.2) is 44.5 Å². The molecule has 29 nitrogen and oxygen atoms in total. The first kappa shape index (κ1) is 99.8. The van der Waals surface area contributed by atoms with Crippen LogP contribution in [0.3, 0.4) is 0 Å². The van der Waals surface area contributed by atoms with Crippen LogP contribution in [0.25, 0.3) is 111 Å². The van der Waals surface area contributed by atoms with E-state index in [-0.39, 0.29) is 91.4 Å². The fourth-order valence-corrected chi connectivity index (χ4v) is 19.9. The normalized spacial score (nSPS) is 12.8. The van der Waals surface area contributed by atoms with Crippen molar-refractivity contribution < 1.29 is 51.3 Å². The molecule has 5 aliphatic rings. The number of pyridine rings is 5. The molecular formula is C109H115F2N15O14S2. The van der Waals surface area contributed by atoms with Gasteiger partial charge in [-0.05, 0) is 230 Å². The van der Waals surface area contributed by atoms with Crippen LogP contribution in [0.4, 0.5) is 8.78 Å². The van der Waals surface area contributed by atoms with E-state index in [1.54, 1.807) is 113 Å². The van der Waals surface area contributed by atoms with Crippen molar-refractivity contribution in [2.75, 3.05) is 60.6 Å². The fraction of sp³-hybridized carbons (Fsp3) is 0.312. The number of carbonyl (C=O) groups excluding carboxylic acids is 3. The number of benzene rings is 5. The Bertz CT molecular complexity index is 7080. The number of fused-ring (bicyclic) bond motifs is 15. The van der Waals surface area contributed by atoms with Crippen LogP contribution in [0.2, 0.25) is 0 Å². The quantitative estimate of drug-likeness (QED) is 0.0641. The third-order valence-electron chi connectivity index (χ3n) is 26.0. The zero-order chi connectivity index (χ0) is 102. The highest BCUT2D eigenvalue weighted by Crippen LogP contribution is 2.47. The molecule has 20 rings (SSSR count). The number of hydrogen-bond acceptors (Lipinski definition) is 24. The number of hydrogen-bond donors (Lipinski definition) is 0. The molecule has 0 saturated carbocycles. The lowest BCUT2D eigenvalue weighted by Gasteiger charge is -2.38. The summed E-state index contributed by atoms with van der Waals surface area (Å²) in [5.74, 6) is 3.51. The number of aromatic nitrogens is 10. The van der Waals surface area contributed by atoms with Gasteiger partial charge in [-0.3, -0.25) is 66.4 Å². The van der Waals surface area contributed by atoms with Gasteiger partial charge in [-0.25, -0.2) is 9.67 Å². The minimum Gasteiger partial charge on any atom is -0.496 e. The second-order valence-electron chi connectivity index (χ2n) is 37.2. The molecule has 5 aromatic carbocycles. The van der Waals surface area contributed by atoms with Gasteiger partial charge < -0.3 is 53.1 Å². The third kappa shape index (κ3) is 19.4. The van der Waals surface area contributed by atoms with Gasteiger partial charge in [0.2, 0.25) is 0 Å². The van der Waals surface area contributed by atoms with E-state index in [0.717, 1.165) is 146 Å². The van der Waals surface area contributed by atoms with Crippen LogP contribution in [0.5, 0.6) is 28.7 Å². The number of rotatable bonds is 20. The van der Waals surface area contributed by atoms with E-state index in [1.165, 1.54) is 51.9 Å². The zero-order valence-corrected chi connectivity index (χ0v) is 85.2. The van der Waals surface area contributed by atoms with Crippen LogP contribution >= 0.6 is 22.7 Å². The van der Waals surface area contributed by atoms with Gasteiger partial charge in [0.25, 0.3) is 0 Å². The summed E-state index contributed by atoms with van der Waals surface area (Å²) in [5, 5.41) is 24.0. The smallest absolute Gasteiger partial charge is 0.333 e. The Hall–Kier alpha value is -15.3. The van der Waals surface area contributed by atoms with E-state index >= 15 is 0 Å². The molecule has 33 heteroatoms. The average Bonchev–Trinajstić information content (AvgIpc) is 1.40. The van der Waals surface area contributed by atoms with Crippen LogP contribution in [0, 0.1) is 13.8 Å². The number of aryl methyl sites for hydroxylation is 2. The van der Waals surface area contributed by atoms with Gasteiger partial charge in [0, 0.05) is 193 Å². The molecule has 0 atom stereocenters. The lowest BCUT2D eigenvalue weighted by atomic mass is 9.95. The number of thiophene rings is 1. The molecule has 0 aliphatic carbocycles. The number of thiazole rings is 1. The SMILES string of the molecule is COc1cc2c(cc1-c1ccco1)CN(C(C)C)n1cc(C(C)=O)c(=O)cc1-2.COc1cc2c(cc1-c1cccs1)CN(C(C)C)n1cc(C(C)=O)c(=O)cc1-2.COc1cc2c(cc1-c1cnn(C(C)C)c1)CN(C(C)C)n1cc(C)c(=O)cc1-2.COc1cc2c(cc1-c1cnn(C(F)F)c1)CN(C(C)C)n1cc(C)c(=O)cc1-2.COc1cc2c(cc1-c1nccs1)CN(C(C)C)n1cc(C(C)=O)c(=O)cc1-2. The Morgan fingerprint density at radius 3 is 0.986 bits per heavy atom. The average molecular weight is 1960 g/mol. The summed E-state index contributed by atoms with van der Waals surface area (Å²) in [6, 6.07) is 37.4. The number of halogens is 2. The summed E-state index contributed by atoms with van der Waals surface area (Å²) in [7, 11) is 8.13. The van der Waals surface area contributed by atoms with E-state index in [0.29, 0.717) is 70.8 Å². The van der Waals surface area contributed by atoms with Crippen LogP contribution in [-0.4, -0.2) is 131 Å². The maximum atomic E-state index is 13.0. The second kappa shape index (κ2) is 40.9. The van der Waals surface area contributed by atoms with E-state index in [4.69, 9.17) is 28.1 Å². The Labute approximate surface area is 828 Å². The number of ether oxygens (including phenoxy) is 5. The monoisotopic (exact) mass is 1960 g/mol. The second-order valence-corrected chi connectivity index (χ2v) is 39.0. The molecule has 0 spiro atoms.